The summed E-state index contributed by atoms with van der Waals surface area (Å²) >= 11 is 0. The van der Waals surface area contributed by atoms with Crippen molar-refractivity contribution < 1.29 is 14.3 Å². The Morgan fingerprint density at radius 2 is 1.09 bits per heavy atom. The van der Waals surface area contributed by atoms with Gasteiger partial charge in [0.1, 0.15) is 5.75 Å². The highest BCUT2D eigenvalue weighted by Gasteiger charge is 2.22. The number of ether oxygens (including phenoxy) is 1. The van der Waals surface area contributed by atoms with E-state index in [1.165, 1.54) is 0 Å². The summed E-state index contributed by atoms with van der Waals surface area (Å²) in [6.45, 7) is 6.12. The summed E-state index contributed by atoms with van der Waals surface area (Å²) in [7, 11) is 1.66. The minimum atomic E-state index is -0.0100. The summed E-state index contributed by atoms with van der Waals surface area (Å²) in [5, 5.41) is 5.62. The molecule has 0 amide bonds. The number of carbonyl (C=O) groups excluding carboxylic acids is 2. The number of hydrogen-bond donors (Lipinski definition) is 0. The van der Waals surface area contributed by atoms with Crippen molar-refractivity contribution in [3.8, 4) is 16.9 Å². The summed E-state index contributed by atoms with van der Waals surface area (Å²) in [6, 6.07) is 38.6. The standard InChI is InChI=1S/C48H44N2O3/c1-4-6-12-28-50-31-43(48(52)40-24-26-46(53-3)38-17-9-8-15-36(38)40)41-29-32(23-25-45(41)50)33-18-13-20-35-34(33)19-14-21-39(35)47(51)42-30-49(27-7-5-2)44-22-11-10-16-37(42)44/h8-11,13-26,29-31H,4-7,12,27-28H2,1-3H3. The van der Waals surface area contributed by atoms with Gasteiger partial charge in [-0.25, -0.2) is 0 Å². The monoisotopic (exact) mass is 696 g/mol. The number of aryl methyl sites for hydroxylation is 2. The molecule has 0 unspecified atom stereocenters. The summed E-state index contributed by atoms with van der Waals surface area (Å²) in [4.78, 5) is 29.0. The van der Waals surface area contributed by atoms with Crippen molar-refractivity contribution in [1.29, 1.82) is 0 Å². The van der Waals surface area contributed by atoms with Gasteiger partial charge in [-0.05, 0) is 70.5 Å². The highest BCUT2D eigenvalue weighted by molar-refractivity contribution is 6.24. The second kappa shape index (κ2) is 14.6. The molecule has 0 atom stereocenters. The zero-order valence-corrected chi connectivity index (χ0v) is 30.7. The van der Waals surface area contributed by atoms with Crippen LogP contribution in [-0.4, -0.2) is 27.8 Å². The lowest BCUT2D eigenvalue weighted by molar-refractivity contribution is 0.103. The van der Waals surface area contributed by atoms with Crippen molar-refractivity contribution in [1.82, 2.24) is 9.13 Å². The first-order valence-corrected chi connectivity index (χ1v) is 18.9. The van der Waals surface area contributed by atoms with Gasteiger partial charge in [-0.2, -0.15) is 0 Å². The van der Waals surface area contributed by atoms with Crippen LogP contribution in [0.1, 0.15) is 77.8 Å². The number of benzene rings is 6. The molecule has 0 saturated carbocycles. The van der Waals surface area contributed by atoms with Crippen molar-refractivity contribution >= 4 is 54.9 Å². The molecule has 0 saturated heterocycles. The molecule has 0 fully saturated rings. The Balaban J connectivity index is 1.25. The third-order valence-corrected chi connectivity index (χ3v) is 10.7. The van der Waals surface area contributed by atoms with E-state index < -0.39 is 0 Å². The van der Waals surface area contributed by atoms with Gasteiger partial charge < -0.3 is 13.9 Å². The van der Waals surface area contributed by atoms with E-state index in [9.17, 15) is 9.59 Å². The van der Waals surface area contributed by atoms with Crippen molar-refractivity contribution in [3.63, 3.8) is 0 Å². The minimum absolute atomic E-state index is 0.0100. The fourth-order valence-corrected chi connectivity index (χ4v) is 8.00. The van der Waals surface area contributed by atoms with Crippen LogP contribution in [0.25, 0.3) is 54.5 Å². The minimum Gasteiger partial charge on any atom is -0.496 e. The predicted octanol–water partition coefficient (Wildman–Crippen LogP) is 12.0. The zero-order valence-electron chi connectivity index (χ0n) is 30.7. The number of aromatic nitrogens is 2. The highest BCUT2D eigenvalue weighted by Crippen LogP contribution is 2.37. The second-order valence-electron chi connectivity index (χ2n) is 14.0. The number of ketones is 2. The van der Waals surface area contributed by atoms with E-state index in [-0.39, 0.29) is 11.6 Å². The number of carbonyl (C=O) groups is 2. The van der Waals surface area contributed by atoms with Crippen LogP contribution in [0.2, 0.25) is 0 Å². The quantitative estimate of drug-likeness (QED) is 0.0890. The van der Waals surface area contributed by atoms with E-state index in [0.717, 1.165) is 111 Å². The topological polar surface area (TPSA) is 53.2 Å². The van der Waals surface area contributed by atoms with Gasteiger partial charge in [0, 0.05) is 74.9 Å². The molecular formula is C48H44N2O3. The van der Waals surface area contributed by atoms with E-state index in [2.05, 4.69) is 71.5 Å². The first kappa shape index (κ1) is 34.2. The van der Waals surface area contributed by atoms with Gasteiger partial charge in [0.25, 0.3) is 0 Å². The molecule has 2 heterocycles. The normalized spacial score (nSPS) is 11.6. The molecule has 5 heteroatoms. The lowest BCUT2D eigenvalue weighted by Gasteiger charge is -2.12. The van der Waals surface area contributed by atoms with Gasteiger partial charge >= 0.3 is 0 Å². The van der Waals surface area contributed by atoms with Gasteiger partial charge in [0.05, 0.1) is 7.11 Å². The Kier molecular flexibility index (Phi) is 9.40. The molecule has 8 rings (SSSR count). The average Bonchev–Trinajstić information content (AvgIpc) is 3.76. The van der Waals surface area contributed by atoms with E-state index in [1.807, 2.05) is 79.1 Å². The lowest BCUT2D eigenvalue weighted by atomic mass is 9.91. The van der Waals surface area contributed by atoms with Crippen LogP contribution in [-0.2, 0) is 13.1 Å². The van der Waals surface area contributed by atoms with Crippen molar-refractivity contribution in [3.05, 3.63) is 150 Å². The van der Waals surface area contributed by atoms with Gasteiger partial charge in [-0.1, -0.05) is 118 Å². The van der Waals surface area contributed by atoms with Crippen molar-refractivity contribution in [2.24, 2.45) is 0 Å². The van der Waals surface area contributed by atoms with Crippen LogP contribution in [0, 0.1) is 0 Å². The van der Waals surface area contributed by atoms with E-state index in [1.54, 1.807) is 7.11 Å². The Labute approximate surface area is 310 Å². The van der Waals surface area contributed by atoms with Crippen LogP contribution in [0.5, 0.6) is 5.75 Å². The van der Waals surface area contributed by atoms with Crippen LogP contribution in [0.15, 0.2) is 128 Å². The molecule has 264 valence electrons. The van der Waals surface area contributed by atoms with Gasteiger partial charge in [0.15, 0.2) is 11.6 Å². The lowest BCUT2D eigenvalue weighted by Crippen LogP contribution is -2.03. The fraction of sp³-hybridized carbons (Fsp3) is 0.208. The average molecular weight is 697 g/mol. The summed E-state index contributed by atoms with van der Waals surface area (Å²) < 4.78 is 10.1. The van der Waals surface area contributed by atoms with E-state index >= 15 is 0 Å². The molecule has 2 aromatic heterocycles. The molecular weight excluding hydrogens is 653 g/mol. The Morgan fingerprint density at radius 1 is 0.509 bits per heavy atom. The van der Waals surface area contributed by atoms with Crippen LogP contribution >= 0.6 is 0 Å². The van der Waals surface area contributed by atoms with Crippen LogP contribution < -0.4 is 4.74 Å². The zero-order chi connectivity index (χ0) is 36.5. The van der Waals surface area contributed by atoms with Gasteiger partial charge in [-0.15, -0.1) is 0 Å². The first-order chi connectivity index (χ1) is 26.0. The van der Waals surface area contributed by atoms with Crippen LogP contribution in [0.3, 0.4) is 0 Å². The Bertz CT molecular complexity index is 2660. The number of methoxy groups -OCH3 is 1. The summed E-state index contributed by atoms with van der Waals surface area (Å²) in [5.74, 6) is 0.764. The van der Waals surface area contributed by atoms with Crippen LogP contribution in [0.4, 0.5) is 0 Å². The number of fused-ring (bicyclic) bond motifs is 4. The SMILES string of the molecule is CCCCCn1cc(C(=O)c2ccc(OC)c3ccccc23)c2cc(-c3cccc4c(C(=O)c5cn(CCCC)c6ccccc56)cccc34)ccc21. The fourth-order valence-electron chi connectivity index (χ4n) is 8.00. The third kappa shape index (κ3) is 6.10. The summed E-state index contributed by atoms with van der Waals surface area (Å²) in [5.41, 5.74) is 6.92. The van der Waals surface area contributed by atoms with Gasteiger partial charge in [0.2, 0.25) is 0 Å². The van der Waals surface area contributed by atoms with E-state index in [4.69, 9.17) is 4.74 Å². The maximum Gasteiger partial charge on any atom is 0.195 e. The second-order valence-corrected chi connectivity index (χ2v) is 14.0. The molecule has 0 spiro atoms. The molecule has 53 heavy (non-hydrogen) atoms. The number of hydrogen-bond acceptors (Lipinski definition) is 3. The number of nitrogens with zero attached hydrogens (tertiary/aromatic N) is 2. The maximum atomic E-state index is 14.6. The molecule has 6 aromatic carbocycles. The maximum absolute atomic E-state index is 14.6. The number of rotatable bonds is 13. The van der Waals surface area contributed by atoms with E-state index in [0.29, 0.717) is 16.7 Å². The highest BCUT2D eigenvalue weighted by atomic mass is 16.5. The summed E-state index contributed by atoms with van der Waals surface area (Å²) in [6.07, 6.45) is 9.52. The molecule has 0 aliphatic rings. The Hall–Kier alpha value is -5.94. The predicted molar refractivity (Wildman–Crippen MR) is 219 cm³/mol. The Morgan fingerprint density at radius 3 is 1.85 bits per heavy atom. The van der Waals surface area contributed by atoms with Crippen molar-refractivity contribution in [2.45, 2.75) is 59.0 Å². The number of unbranched alkanes of at least 4 members (excludes halogenated alkanes) is 3. The first-order valence-electron chi connectivity index (χ1n) is 18.9. The third-order valence-electron chi connectivity index (χ3n) is 10.7. The molecule has 0 N–H and O–H groups in total. The molecule has 0 bridgehead atoms. The molecule has 0 radical (unpaired) electrons. The van der Waals surface area contributed by atoms with Gasteiger partial charge in [-0.3, -0.25) is 9.59 Å². The van der Waals surface area contributed by atoms with Crippen molar-refractivity contribution in [2.75, 3.05) is 7.11 Å². The molecule has 5 nitrogen and oxygen atoms in total. The molecule has 0 aliphatic heterocycles. The number of para-hydroxylation sites is 1. The largest absolute Gasteiger partial charge is 0.496 e. The molecule has 8 aromatic rings. The smallest absolute Gasteiger partial charge is 0.195 e. The molecule has 0 aliphatic carbocycles.